The Bertz CT molecular complexity index is 380. The first-order valence-corrected chi connectivity index (χ1v) is 6.67. The van der Waals surface area contributed by atoms with Crippen molar-refractivity contribution >= 4 is 0 Å². The Morgan fingerprint density at radius 2 is 1.84 bits per heavy atom. The fourth-order valence-electron chi connectivity index (χ4n) is 1.95. The molecule has 2 N–H and O–H groups in total. The molecule has 0 spiro atoms. The van der Waals surface area contributed by atoms with Crippen LogP contribution in [0.2, 0.25) is 0 Å². The molecule has 0 aromatic heterocycles. The SMILES string of the molecule is COc1ccc(CCNC(CO)C(C)C)cc1OC. The lowest BCUT2D eigenvalue weighted by atomic mass is 10.0. The van der Waals surface area contributed by atoms with Gasteiger partial charge >= 0.3 is 0 Å². The monoisotopic (exact) mass is 267 g/mol. The third kappa shape index (κ3) is 4.73. The van der Waals surface area contributed by atoms with Crippen LogP contribution in [0.15, 0.2) is 18.2 Å². The number of rotatable bonds is 8. The van der Waals surface area contributed by atoms with Crippen molar-refractivity contribution in [3.63, 3.8) is 0 Å². The predicted octanol–water partition coefficient (Wildman–Crippen LogP) is 1.85. The third-order valence-corrected chi connectivity index (χ3v) is 3.27. The Morgan fingerprint density at radius 1 is 1.16 bits per heavy atom. The van der Waals surface area contributed by atoms with Crippen molar-refractivity contribution in [2.24, 2.45) is 5.92 Å². The van der Waals surface area contributed by atoms with E-state index in [4.69, 9.17) is 9.47 Å². The molecule has 0 bridgehead atoms. The van der Waals surface area contributed by atoms with E-state index in [0.29, 0.717) is 5.92 Å². The molecular weight excluding hydrogens is 242 g/mol. The topological polar surface area (TPSA) is 50.7 Å². The van der Waals surface area contributed by atoms with E-state index in [-0.39, 0.29) is 12.6 Å². The number of ether oxygens (including phenoxy) is 2. The smallest absolute Gasteiger partial charge is 0.160 e. The molecular formula is C15H25NO3. The summed E-state index contributed by atoms with van der Waals surface area (Å²) in [6, 6.07) is 6.09. The molecule has 0 aliphatic carbocycles. The van der Waals surface area contributed by atoms with E-state index in [1.807, 2.05) is 18.2 Å². The summed E-state index contributed by atoms with van der Waals surface area (Å²) in [5.41, 5.74) is 1.19. The summed E-state index contributed by atoms with van der Waals surface area (Å²) in [7, 11) is 3.27. The van der Waals surface area contributed by atoms with Crippen molar-refractivity contribution in [1.29, 1.82) is 0 Å². The van der Waals surface area contributed by atoms with Gasteiger partial charge < -0.3 is 19.9 Å². The van der Waals surface area contributed by atoms with E-state index in [1.165, 1.54) is 5.56 Å². The molecule has 19 heavy (non-hydrogen) atoms. The normalized spacial score (nSPS) is 12.5. The number of hydrogen-bond acceptors (Lipinski definition) is 4. The molecule has 0 fully saturated rings. The average molecular weight is 267 g/mol. The molecule has 0 aliphatic heterocycles. The summed E-state index contributed by atoms with van der Waals surface area (Å²) < 4.78 is 10.5. The Kier molecular flexibility index (Phi) is 6.67. The highest BCUT2D eigenvalue weighted by molar-refractivity contribution is 5.42. The van der Waals surface area contributed by atoms with Gasteiger partial charge in [-0.05, 0) is 36.6 Å². The zero-order chi connectivity index (χ0) is 14.3. The highest BCUT2D eigenvalue weighted by atomic mass is 16.5. The minimum atomic E-state index is 0.153. The molecule has 0 radical (unpaired) electrons. The van der Waals surface area contributed by atoms with Gasteiger partial charge in [0.05, 0.1) is 20.8 Å². The largest absolute Gasteiger partial charge is 0.493 e. The molecule has 0 aliphatic rings. The second-order valence-electron chi connectivity index (χ2n) is 4.93. The van der Waals surface area contributed by atoms with Gasteiger partial charge in [-0.1, -0.05) is 19.9 Å². The first-order chi connectivity index (χ1) is 9.12. The molecule has 1 rings (SSSR count). The van der Waals surface area contributed by atoms with Crippen molar-refractivity contribution in [2.45, 2.75) is 26.3 Å². The van der Waals surface area contributed by atoms with Crippen molar-refractivity contribution in [2.75, 3.05) is 27.4 Å². The van der Waals surface area contributed by atoms with E-state index in [9.17, 15) is 5.11 Å². The molecule has 1 atom stereocenters. The number of benzene rings is 1. The van der Waals surface area contributed by atoms with Crippen LogP contribution in [0.3, 0.4) is 0 Å². The number of methoxy groups -OCH3 is 2. The van der Waals surface area contributed by atoms with Crippen LogP contribution >= 0.6 is 0 Å². The highest BCUT2D eigenvalue weighted by Gasteiger charge is 2.11. The lowest BCUT2D eigenvalue weighted by molar-refractivity contribution is 0.212. The Balaban J connectivity index is 2.54. The van der Waals surface area contributed by atoms with Crippen molar-refractivity contribution in [1.82, 2.24) is 5.32 Å². The average Bonchev–Trinajstić information content (AvgIpc) is 2.42. The van der Waals surface area contributed by atoms with E-state index >= 15 is 0 Å². The van der Waals surface area contributed by atoms with Gasteiger partial charge in [-0.3, -0.25) is 0 Å². The van der Waals surface area contributed by atoms with Crippen molar-refractivity contribution in [3.8, 4) is 11.5 Å². The fraction of sp³-hybridized carbons (Fsp3) is 0.600. The van der Waals surface area contributed by atoms with Crippen LogP contribution in [0.5, 0.6) is 11.5 Å². The van der Waals surface area contributed by atoms with Crippen molar-refractivity contribution < 1.29 is 14.6 Å². The summed E-state index contributed by atoms with van der Waals surface area (Å²) in [4.78, 5) is 0. The van der Waals surface area contributed by atoms with Crippen LogP contribution in [0, 0.1) is 5.92 Å². The molecule has 0 amide bonds. The van der Waals surface area contributed by atoms with Crippen LogP contribution < -0.4 is 14.8 Å². The summed E-state index contributed by atoms with van der Waals surface area (Å²) in [5.74, 6) is 1.92. The Morgan fingerprint density at radius 3 is 2.37 bits per heavy atom. The van der Waals surface area contributed by atoms with Crippen LogP contribution in [0.25, 0.3) is 0 Å². The van der Waals surface area contributed by atoms with E-state index in [2.05, 4.69) is 19.2 Å². The maximum Gasteiger partial charge on any atom is 0.160 e. The molecule has 108 valence electrons. The van der Waals surface area contributed by atoms with Gasteiger partial charge in [0.15, 0.2) is 11.5 Å². The lowest BCUT2D eigenvalue weighted by Gasteiger charge is -2.20. The van der Waals surface area contributed by atoms with Gasteiger partial charge in [0, 0.05) is 6.04 Å². The van der Waals surface area contributed by atoms with E-state index < -0.39 is 0 Å². The first-order valence-electron chi connectivity index (χ1n) is 6.67. The predicted molar refractivity (Wildman–Crippen MR) is 77.0 cm³/mol. The third-order valence-electron chi connectivity index (χ3n) is 3.27. The maximum absolute atomic E-state index is 9.25. The number of nitrogens with one attached hydrogen (secondary N) is 1. The van der Waals surface area contributed by atoms with Crippen LogP contribution in [0.1, 0.15) is 19.4 Å². The Labute approximate surface area is 115 Å². The molecule has 1 unspecified atom stereocenters. The quantitative estimate of drug-likeness (QED) is 0.755. The van der Waals surface area contributed by atoms with Gasteiger partial charge in [0.2, 0.25) is 0 Å². The van der Waals surface area contributed by atoms with Gasteiger partial charge in [-0.2, -0.15) is 0 Å². The lowest BCUT2D eigenvalue weighted by Crippen LogP contribution is -2.38. The molecule has 0 saturated heterocycles. The zero-order valence-electron chi connectivity index (χ0n) is 12.3. The van der Waals surface area contributed by atoms with Crippen molar-refractivity contribution in [3.05, 3.63) is 23.8 Å². The van der Waals surface area contributed by atoms with Gasteiger partial charge in [-0.25, -0.2) is 0 Å². The van der Waals surface area contributed by atoms with Gasteiger partial charge in [0.25, 0.3) is 0 Å². The molecule has 0 heterocycles. The molecule has 0 saturated carbocycles. The van der Waals surface area contributed by atoms with Crippen LogP contribution in [-0.2, 0) is 6.42 Å². The molecule has 4 nitrogen and oxygen atoms in total. The summed E-state index contributed by atoms with van der Waals surface area (Å²) >= 11 is 0. The van der Waals surface area contributed by atoms with E-state index in [1.54, 1.807) is 14.2 Å². The molecule has 1 aromatic carbocycles. The molecule has 1 aromatic rings. The summed E-state index contributed by atoms with van der Waals surface area (Å²) in [6.07, 6.45) is 0.892. The summed E-state index contributed by atoms with van der Waals surface area (Å²) in [6.45, 7) is 5.21. The maximum atomic E-state index is 9.25. The van der Waals surface area contributed by atoms with Gasteiger partial charge in [-0.15, -0.1) is 0 Å². The highest BCUT2D eigenvalue weighted by Crippen LogP contribution is 2.27. The standard InChI is InChI=1S/C15H25NO3/c1-11(2)13(10-17)16-8-7-12-5-6-14(18-3)15(9-12)19-4/h5-6,9,11,13,16-17H,7-8,10H2,1-4H3. The van der Waals surface area contributed by atoms with Gasteiger partial charge in [0.1, 0.15) is 0 Å². The second-order valence-corrected chi connectivity index (χ2v) is 4.93. The number of aliphatic hydroxyl groups excluding tert-OH is 1. The Hall–Kier alpha value is -1.26. The zero-order valence-corrected chi connectivity index (χ0v) is 12.3. The molecule has 4 heteroatoms. The second kappa shape index (κ2) is 8.02. The van der Waals surface area contributed by atoms with E-state index in [0.717, 1.165) is 24.5 Å². The minimum Gasteiger partial charge on any atom is -0.493 e. The minimum absolute atomic E-state index is 0.153. The fourth-order valence-corrected chi connectivity index (χ4v) is 1.95. The number of hydrogen-bond donors (Lipinski definition) is 2. The van der Waals surface area contributed by atoms with Crippen LogP contribution in [-0.4, -0.2) is 38.5 Å². The summed E-state index contributed by atoms with van der Waals surface area (Å²) in [5, 5.41) is 12.6. The van der Waals surface area contributed by atoms with Crippen LogP contribution in [0.4, 0.5) is 0 Å². The number of aliphatic hydroxyl groups is 1. The first kappa shape index (κ1) is 15.8.